The third-order valence-corrected chi connectivity index (χ3v) is 3.53. The standard InChI is InChI=1S/C10H12N2O5S/c13-9-5-7(3-4-8(9)10(14)15)12-18(16,17)11-6-1-2-6/h3-6,11-13H,1-2H2,(H,14,15). The van der Waals surface area contributed by atoms with Crippen LogP contribution in [0.3, 0.4) is 0 Å². The number of nitrogens with one attached hydrogen (secondary N) is 2. The molecule has 0 unspecified atom stereocenters. The molecule has 1 fully saturated rings. The fraction of sp³-hybridized carbons (Fsp3) is 0.300. The van der Waals surface area contributed by atoms with Gasteiger partial charge in [0.2, 0.25) is 0 Å². The number of carbonyl (C=O) groups is 1. The highest BCUT2D eigenvalue weighted by Crippen LogP contribution is 2.24. The van der Waals surface area contributed by atoms with Gasteiger partial charge in [-0.05, 0) is 25.0 Å². The van der Waals surface area contributed by atoms with Gasteiger partial charge in [-0.1, -0.05) is 0 Å². The van der Waals surface area contributed by atoms with Crippen molar-refractivity contribution in [2.24, 2.45) is 0 Å². The van der Waals surface area contributed by atoms with E-state index < -0.39 is 21.9 Å². The fourth-order valence-electron chi connectivity index (χ4n) is 1.38. The van der Waals surface area contributed by atoms with Crippen LogP contribution in [-0.4, -0.2) is 30.6 Å². The SMILES string of the molecule is O=C(O)c1ccc(NS(=O)(=O)NC2CC2)cc1O. The Balaban J connectivity index is 2.14. The molecular weight excluding hydrogens is 260 g/mol. The molecule has 1 aromatic rings. The maximum Gasteiger partial charge on any atom is 0.339 e. The number of benzene rings is 1. The van der Waals surface area contributed by atoms with E-state index in [-0.39, 0.29) is 17.3 Å². The van der Waals surface area contributed by atoms with Gasteiger partial charge in [0, 0.05) is 12.1 Å². The van der Waals surface area contributed by atoms with Crippen LogP contribution < -0.4 is 9.44 Å². The highest BCUT2D eigenvalue weighted by atomic mass is 32.2. The van der Waals surface area contributed by atoms with E-state index in [4.69, 9.17) is 5.11 Å². The summed E-state index contributed by atoms with van der Waals surface area (Å²) in [4.78, 5) is 10.7. The normalized spacial score (nSPS) is 15.3. The number of anilines is 1. The molecule has 2 rings (SSSR count). The molecule has 7 nitrogen and oxygen atoms in total. The van der Waals surface area contributed by atoms with Crippen molar-refractivity contribution < 1.29 is 23.4 Å². The first kappa shape index (κ1) is 12.7. The predicted molar refractivity (Wildman–Crippen MR) is 63.8 cm³/mol. The lowest BCUT2D eigenvalue weighted by atomic mass is 10.2. The molecular formula is C10H12N2O5S. The third-order valence-electron chi connectivity index (χ3n) is 2.38. The summed E-state index contributed by atoms with van der Waals surface area (Å²) in [5, 5.41) is 18.1. The van der Waals surface area contributed by atoms with Gasteiger partial charge >= 0.3 is 5.97 Å². The second kappa shape index (κ2) is 4.46. The molecule has 0 saturated heterocycles. The zero-order valence-electron chi connectivity index (χ0n) is 9.25. The summed E-state index contributed by atoms with van der Waals surface area (Å²) in [5.74, 6) is -1.77. The van der Waals surface area contributed by atoms with E-state index in [9.17, 15) is 18.3 Å². The average molecular weight is 272 g/mol. The number of hydrogen-bond acceptors (Lipinski definition) is 4. The molecule has 4 N–H and O–H groups in total. The Hall–Kier alpha value is -1.80. The van der Waals surface area contributed by atoms with Gasteiger partial charge in [0.1, 0.15) is 11.3 Å². The minimum Gasteiger partial charge on any atom is -0.507 e. The van der Waals surface area contributed by atoms with Gasteiger partial charge in [0.15, 0.2) is 0 Å². The Labute approximate surface area is 104 Å². The zero-order valence-corrected chi connectivity index (χ0v) is 10.1. The summed E-state index contributed by atoms with van der Waals surface area (Å²) in [7, 11) is -3.68. The zero-order chi connectivity index (χ0) is 13.3. The first-order valence-corrected chi connectivity index (χ1v) is 6.72. The molecule has 1 aromatic carbocycles. The van der Waals surface area contributed by atoms with Crippen LogP contribution in [0.5, 0.6) is 5.75 Å². The molecule has 98 valence electrons. The third kappa shape index (κ3) is 3.11. The van der Waals surface area contributed by atoms with Crippen molar-refractivity contribution in [3.05, 3.63) is 23.8 Å². The molecule has 0 aliphatic heterocycles. The van der Waals surface area contributed by atoms with Crippen molar-refractivity contribution >= 4 is 21.9 Å². The van der Waals surface area contributed by atoms with E-state index in [1.54, 1.807) is 0 Å². The van der Waals surface area contributed by atoms with Gasteiger partial charge in [-0.2, -0.15) is 13.1 Å². The minimum atomic E-state index is -3.68. The number of carboxylic acid groups (broad SMARTS) is 1. The molecule has 18 heavy (non-hydrogen) atoms. The Kier molecular flexibility index (Phi) is 3.14. The molecule has 0 atom stereocenters. The van der Waals surface area contributed by atoms with Crippen LogP contribution in [-0.2, 0) is 10.2 Å². The van der Waals surface area contributed by atoms with Crippen molar-refractivity contribution in [3.63, 3.8) is 0 Å². The van der Waals surface area contributed by atoms with Crippen molar-refractivity contribution in [1.82, 2.24) is 4.72 Å². The Morgan fingerprint density at radius 3 is 2.50 bits per heavy atom. The average Bonchev–Trinajstić information content (AvgIpc) is 2.99. The van der Waals surface area contributed by atoms with Crippen LogP contribution in [0.15, 0.2) is 18.2 Å². The maximum absolute atomic E-state index is 11.6. The number of phenols is 1. The predicted octanol–water partition coefficient (Wildman–Crippen LogP) is 0.499. The van der Waals surface area contributed by atoms with Crippen LogP contribution in [0.2, 0.25) is 0 Å². The van der Waals surface area contributed by atoms with Crippen LogP contribution in [0.4, 0.5) is 5.69 Å². The van der Waals surface area contributed by atoms with Crippen molar-refractivity contribution in [3.8, 4) is 5.75 Å². The second-order valence-corrected chi connectivity index (χ2v) is 5.48. The van der Waals surface area contributed by atoms with Crippen LogP contribution in [0.1, 0.15) is 23.2 Å². The largest absolute Gasteiger partial charge is 0.507 e. The van der Waals surface area contributed by atoms with Gasteiger partial charge in [0.25, 0.3) is 10.2 Å². The summed E-state index contributed by atoms with van der Waals surface area (Å²) >= 11 is 0. The molecule has 0 spiro atoms. The molecule has 8 heteroatoms. The lowest BCUT2D eigenvalue weighted by Crippen LogP contribution is -2.31. The topological polar surface area (TPSA) is 116 Å². The number of aromatic carboxylic acids is 1. The van der Waals surface area contributed by atoms with Gasteiger partial charge < -0.3 is 10.2 Å². The van der Waals surface area contributed by atoms with Crippen LogP contribution in [0.25, 0.3) is 0 Å². The molecule has 0 bridgehead atoms. The van der Waals surface area contributed by atoms with Gasteiger partial charge in [-0.25, -0.2) is 4.79 Å². The van der Waals surface area contributed by atoms with Crippen molar-refractivity contribution in [2.45, 2.75) is 18.9 Å². The number of aromatic hydroxyl groups is 1. The Bertz CT molecular complexity index is 580. The molecule has 1 saturated carbocycles. The maximum atomic E-state index is 11.6. The van der Waals surface area contributed by atoms with Crippen LogP contribution >= 0.6 is 0 Å². The van der Waals surface area contributed by atoms with E-state index in [2.05, 4.69) is 9.44 Å². The van der Waals surface area contributed by atoms with E-state index in [0.717, 1.165) is 25.0 Å². The lowest BCUT2D eigenvalue weighted by Gasteiger charge is -2.09. The molecule has 1 aliphatic carbocycles. The van der Waals surface area contributed by atoms with Crippen molar-refractivity contribution in [1.29, 1.82) is 0 Å². The van der Waals surface area contributed by atoms with Gasteiger partial charge in [-0.15, -0.1) is 0 Å². The van der Waals surface area contributed by atoms with E-state index in [1.165, 1.54) is 6.07 Å². The molecule has 1 aliphatic rings. The van der Waals surface area contributed by atoms with Gasteiger partial charge in [0.05, 0.1) is 5.69 Å². The summed E-state index contributed by atoms with van der Waals surface area (Å²) in [5.41, 5.74) is -0.182. The highest BCUT2D eigenvalue weighted by Gasteiger charge is 2.26. The number of carboxylic acids is 1. The summed E-state index contributed by atoms with van der Waals surface area (Å²) < 4.78 is 27.7. The Morgan fingerprint density at radius 1 is 1.33 bits per heavy atom. The molecule has 0 aromatic heterocycles. The second-order valence-electron chi connectivity index (χ2n) is 4.03. The summed E-state index contributed by atoms with van der Waals surface area (Å²) in [6.45, 7) is 0. The molecule has 0 amide bonds. The monoisotopic (exact) mass is 272 g/mol. The summed E-state index contributed by atoms with van der Waals surface area (Å²) in [6, 6.07) is 3.42. The van der Waals surface area contributed by atoms with E-state index in [1.807, 2.05) is 0 Å². The van der Waals surface area contributed by atoms with Gasteiger partial charge in [-0.3, -0.25) is 4.72 Å². The number of rotatable bonds is 5. The fourth-order valence-corrected chi connectivity index (χ4v) is 2.55. The first-order chi connectivity index (χ1) is 8.37. The van der Waals surface area contributed by atoms with Crippen molar-refractivity contribution in [2.75, 3.05) is 4.72 Å². The van der Waals surface area contributed by atoms with E-state index >= 15 is 0 Å². The minimum absolute atomic E-state index is 0.0330. The summed E-state index contributed by atoms with van der Waals surface area (Å²) in [6.07, 6.45) is 1.62. The lowest BCUT2D eigenvalue weighted by molar-refractivity contribution is 0.0694. The molecule has 0 heterocycles. The first-order valence-electron chi connectivity index (χ1n) is 5.24. The highest BCUT2D eigenvalue weighted by molar-refractivity contribution is 7.90. The van der Waals surface area contributed by atoms with E-state index in [0.29, 0.717) is 0 Å². The Morgan fingerprint density at radius 2 is 2.00 bits per heavy atom. The smallest absolute Gasteiger partial charge is 0.339 e. The number of hydrogen-bond donors (Lipinski definition) is 4. The quantitative estimate of drug-likeness (QED) is 0.623. The molecule has 0 radical (unpaired) electrons. The van der Waals surface area contributed by atoms with Crippen LogP contribution in [0, 0.1) is 0 Å².